The van der Waals surface area contributed by atoms with E-state index in [0.717, 1.165) is 80.7 Å². The molecule has 3 aliphatic carbocycles. The van der Waals surface area contributed by atoms with Crippen molar-refractivity contribution in [1.29, 1.82) is 0 Å². The van der Waals surface area contributed by atoms with Crippen LogP contribution in [0.2, 0.25) is 0 Å². The van der Waals surface area contributed by atoms with Gasteiger partial charge in [0.1, 0.15) is 34.7 Å². The van der Waals surface area contributed by atoms with Crippen LogP contribution in [0, 0.1) is 17.8 Å². The van der Waals surface area contributed by atoms with E-state index in [9.17, 15) is 29.7 Å². The molecule has 3 fully saturated rings. The molecule has 4 aliphatic heterocycles. The second-order valence-corrected chi connectivity index (χ2v) is 18.3. The Kier molecular flexibility index (Phi) is 12.8. The van der Waals surface area contributed by atoms with Crippen molar-refractivity contribution in [3.8, 4) is 17.2 Å². The van der Waals surface area contributed by atoms with Gasteiger partial charge in [-0.25, -0.2) is 4.79 Å². The summed E-state index contributed by atoms with van der Waals surface area (Å²) in [4.78, 5) is 48.6. The van der Waals surface area contributed by atoms with E-state index in [2.05, 4.69) is 22.0 Å². The molecule has 3 N–H and O–H groups in total. The number of esters is 1. The normalized spacial score (nSPS) is 29.1. The zero-order chi connectivity index (χ0) is 43.8. The van der Waals surface area contributed by atoms with Crippen LogP contribution in [0.1, 0.15) is 99.3 Å². The second-order valence-electron chi connectivity index (χ2n) is 18.3. The van der Waals surface area contributed by atoms with E-state index >= 15 is 0 Å². The highest BCUT2D eigenvalue weighted by Gasteiger charge is 2.54. The van der Waals surface area contributed by atoms with Gasteiger partial charge < -0.3 is 43.9 Å². The molecule has 0 aromatic heterocycles. The molecular weight excluding hydrogens is 805 g/mol. The number of rotatable bonds is 13. The van der Waals surface area contributed by atoms with E-state index in [1.165, 1.54) is 0 Å². The zero-order valence-corrected chi connectivity index (χ0v) is 36.4. The number of allylic oxidation sites excluding steroid dienone is 3. The lowest BCUT2D eigenvalue weighted by atomic mass is 9.66. The number of aliphatic hydroxyl groups excluding tert-OH is 2. The third-order valence-corrected chi connectivity index (χ3v) is 14.6. The van der Waals surface area contributed by atoms with Gasteiger partial charge in [-0.1, -0.05) is 36.3 Å². The molecule has 2 aromatic rings. The summed E-state index contributed by atoms with van der Waals surface area (Å²) in [5.74, 6) is -1.86. The second kappa shape index (κ2) is 18.4. The van der Waals surface area contributed by atoms with Crippen molar-refractivity contribution >= 4 is 29.7 Å². The molecule has 6 atom stereocenters. The van der Waals surface area contributed by atoms with E-state index in [0.29, 0.717) is 59.6 Å². The number of carbonyl (C=O) groups excluding carboxylic acids is 3. The number of ketones is 1. The van der Waals surface area contributed by atoms with E-state index in [-0.39, 0.29) is 72.2 Å². The topological polar surface area (TPSA) is 174 Å². The summed E-state index contributed by atoms with van der Waals surface area (Å²) in [6.45, 7) is 4.54. The zero-order valence-electron chi connectivity index (χ0n) is 36.4. The highest BCUT2D eigenvalue weighted by Crippen LogP contribution is 2.58. The number of fused-ring (bicyclic) bond motifs is 4. The minimum absolute atomic E-state index is 0.0133. The molecule has 13 nitrogen and oxygen atoms in total. The first-order valence-electron chi connectivity index (χ1n) is 23.0. The Labute approximate surface area is 368 Å². The van der Waals surface area contributed by atoms with Crippen LogP contribution in [0.5, 0.6) is 17.2 Å². The van der Waals surface area contributed by atoms with Crippen molar-refractivity contribution in [2.75, 3.05) is 53.1 Å². The van der Waals surface area contributed by atoms with Crippen molar-refractivity contribution in [3.05, 3.63) is 80.1 Å². The molecule has 0 radical (unpaired) electrons. The lowest BCUT2D eigenvalue weighted by Gasteiger charge is -2.49. The molecule has 1 saturated heterocycles. The maximum atomic E-state index is 14.2. The van der Waals surface area contributed by atoms with Crippen molar-refractivity contribution < 1.29 is 53.4 Å². The average molecular weight is 865 g/mol. The number of aldehydes is 1. The molecule has 6 unspecified atom stereocenters. The van der Waals surface area contributed by atoms with E-state index in [1.54, 1.807) is 14.0 Å². The molecule has 4 heterocycles. The quantitative estimate of drug-likeness (QED) is 0.114. The molecule has 0 spiro atoms. The number of nitrogens with zero attached hydrogens (tertiary/aromatic N) is 2. The predicted molar refractivity (Wildman–Crippen MR) is 233 cm³/mol. The fraction of sp³-hybridized carbons (Fsp3) is 0.560. The Bertz CT molecular complexity index is 2360. The summed E-state index contributed by atoms with van der Waals surface area (Å²) < 4.78 is 31.4. The lowest BCUT2D eigenvalue weighted by molar-refractivity contribution is -0.141. The fourth-order valence-corrected chi connectivity index (χ4v) is 11.5. The lowest BCUT2D eigenvalue weighted by Crippen LogP contribution is -2.58. The van der Waals surface area contributed by atoms with Gasteiger partial charge in [0.2, 0.25) is 5.76 Å². The van der Waals surface area contributed by atoms with E-state index in [4.69, 9.17) is 23.7 Å². The number of carbonyl (C=O) groups is 3. The van der Waals surface area contributed by atoms with Crippen LogP contribution >= 0.6 is 0 Å². The highest BCUT2D eigenvalue weighted by atomic mass is 16.6. The number of ether oxygens (including phenoxy) is 5. The molecule has 63 heavy (non-hydrogen) atoms. The molecule has 0 bridgehead atoms. The van der Waals surface area contributed by atoms with Crippen molar-refractivity contribution in [1.82, 2.24) is 4.90 Å². The Balaban J connectivity index is 1.20. The maximum Gasteiger partial charge on any atom is 0.375 e. The van der Waals surface area contributed by atoms with Gasteiger partial charge >= 0.3 is 5.97 Å². The largest absolute Gasteiger partial charge is 0.489 e. The number of piperidine rings is 1. The molecule has 2 aromatic carbocycles. The van der Waals surface area contributed by atoms with Crippen LogP contribution in [-0.2, 0) is 36.9 Å². The summed E-state index contributed by atoms with van der Waals surface area (Å²) in [7, 11) is 1.72. The van der Waals surface area contributed by atoms with E-state index < -0.39 is 42.7 Å². The smallest absolute Gasteiger partial charge is 0.375 e. The van der Waals surface area contributed by atoms with Gasteiger partial charge in [-0.2, -0.15) is 0 Å². The Morgan fingerprint density at radius 3 is 2.70 bits per heavy atom. The number of methoxy groups -OCH3 is 1. The third kappa shape index (κ3) is 7.98. The Morgan fingerprint density at radius 1 is 1.10 bits per heavy atom. The van der Waals surface area contributed by atoms with Gasteiger partial charge in [-0.15, -0.1) is 0 Å². The van der Waals surface area contributed by atoms with Crippen LogP contribution in [0.25, 0.3) is 11.6 Å². The number of Topliss-reactive ketones (excluding diaryl/α,β-unsaturated/α-hetero) is 1. The van der Waals surface area contributed by atoms with Gasteiger partial charge in [0.15, 0.2) is 6.29 Å². The SMILES string of the molecule is CCOC(=O)C1=C(C=O)C(=C2CC(CO)C(=O)C(c3ccc4c(c3)=CCN=4)C2)c2c(c(CO)c3c(c2OC2CCCCC2)CC(C2(O)CC=CC4CN(CCCOC)CCC42)O3)O1. The molecule has 13 heteroatoms. The molecule has 7 aliphatic rings. The first-order chi connectivity index (χ1) is 30.7. The van der Waals surface area contributed by atoms with Crippen LogP contribution in [-0.4, -0.2) is 109 Å². The Morgan fingerprint density at radius 2 is 1.94 bits per heavy atom. The summed E-state index contributed by atoms with van der Waals surface area (Å²) in [5, 5.41) is 36.9. The number of benzene rings is 2. The minimum Gasteiger partial charge on any atom is -0.489 e. The molecular formula is C50H60N2O11. The first kappa shape index (κ1) is 43.6. The minimum atomic E-state index is -1.25. The number of likely N-dealkylation sites (tertiary alicyclic amines) is 1. The van der Waals surface area contributed by atoms with Crippen molar-refractivity contribution in [2.45, 2.75) is 108 Å². The summed E-state index contributed by atoms with van der Waals surface area (Å²) >= 11 is 0. The standard InChI is InChI=1S/C50H60N2O11/c1-3-60-49(57)48-37(27-54)42(32-22-33(26-53)44(56)35(23-32)29-12-13-40-30(21-29)14-17-51-40)43-46(61-34-10-5-4-6-11-34)36-24-41(62-45(36)38(28-55)47(43)63-48)50(58)16-7-9-31-25-52(18-8-20-59-2)19-15-39(31)50/h7,9,12-14,21,27,31,33-35,39,41,53,55,58H,3-6,8,10-11,15-20,22-26,28H2,1-2H3. The van der Waals surface area contributed by atoms with Gasteiger partial charge in [0.25, 0.3) is 0 Å². The first-order valence-corrected chi connectivity index (χ1v) is 23.0. The summed E-state index contributed by atoms with van der Waals surface area (Å²) in [6, 6.07) is 5.78. The molecule has 336 valence electrons. The molecule has 0 amide bonds. The molecule has 9 rings (SSSR count). The monoisotopic (exact) mass is 864 g/mol. The highest BCUT2D eigenvalue weighted by molar-refractivity contribution is 6.11. The van der Waals surface area contributed by atoms with Crippen molar-refractivity contribution in [2.24, 2.45) is 22.7 Å². The van der Waals surface area contributed by atoms with Gasteiger partial charge in [-0.05, 0) is 100 Å². The fourth-order valence-electron chi connectivity index (χ4n) is 11.5. The van der Waals surface area contributed by atoms with Crippen LogP contribution in [0.15, 0.2) is 52.2 Å². The molecule has 2 saturated carbocycles. The number of hydrogen-bond acceptors (Lipinski definition) is 13. The van der Waals surface area contributed by atoms with Gasteiger partial charge in [0, 0.05) is 62.1 Å². The van der Waals surface area contributed by atoms with Crippen LogP contribution < -0.4 is 24.8 Å². The third-order valence-electron chi connectivity index (χ3n) is 14.6. The number of hydrogen-bond donors (Lipinski definition) is 3. The number of aliphatic hydroxyl groups is 3. The van der Waals surface area contributed by atoms with Crippen molar-refractivity contribution in [3.63, 3.8) is 0 Å². The summed E-state index contributed by atoms with van der Waals surface area (Å²) in [5.41, 5.74) is 1.85. The average Bonchev–Trinajstić information content (AvgIpc) is 3.97. The van der Waals surface area contributed by atoms with Gasteiger partial charge in [0.05, 0.1) is 54.5 Å². The summed E-state index contributed by atoms with van der Waals surface area (Å²) in [6.07, 6.45) is 13.3. The Hall–Kier alpha value is -4.66. The van der Waals surface area contributed by atoms with E-state index in [1.807, 2.05) is 24.3 Å². The van der Waals surface area contributed by atoms with Crippen LogP contribution in [0.3, 0.4) is 0 Å². The van der Waals surface area contributed by atoms with Crippen LogP contribution in [0.4, 0.5) is 0 Å². The maximum absolute atomic E-state index is 14.2. The van der Waals surface area contributed by atoms with Gasteiger partial charge in [-0.3, -0.25) is 14.6 Å². The predicted octanol–water partition coefficient (Wildman–Crippen LogP) is 4.19.